The first-order chi connectivity index (χ1) is 8.15. The molecule has 1 saturated carbocycles. The van der Waals surface area contributed by atoms with Crippen LogP contribution in [0.15, 0.2) is 24.3 Å². The zero-order valence-electron chi connectivity index (χ0n) is 10.0. The van der Waals surface area contributed by atoms with Crippen molar-refractivity contribution >= 4 is 11.6 Å². The fraction of sp³-hybridized carbons (Fsp3) is 0.500. The van der Waals surface area contributed by atoms with Gasteiger partial charge in [0.1, 0.15) is 0 Å². The Labute approximate surface area is 108 Å². The van der Waals surface area contributed by atoms with E-state index in [4.69, 9.17) is 16.9 Å². The van der Waals surface area contributed by atoms with Gasteiger partial charge in [-0.25, -0.2) is 0 Å². The van der Waals surface area contributed by atoms with Crippen LogP contribution in [0.4, 0.5) is 0 Å². The van der Waals surface area contributed by atoms with Crippen LogP contribution in [0.5, 0.6) is 0 Å². The predicted molar refractivity (Wildman–Crippen MR) is 69.8 cm³/mol. The molecule has 0 saturated heterocycles. The minimum absolute atomic E-state index is 0.259. The molecule has 0 bridgehead atoms. The van der Waals surface area contributed by atoms with E-state index in [9.17, 15) is 0 Å². The lowest BCUT2D eigenvalue weighted by atomic mass is 10.0. The highest BCUT2D eigenvalue weighted by atomic mass is 35.5. The molecule has 1 fully saturated rings. The van der Waals surface area contributed by atoms with E-state index < -0.39 is 0 Å². The van der Waals surface area contributed by atoms with Crippen LogP contribution in [0.1, 0.15) is 37.8 Å². The summed E-state index contributed by atoms with van der Waals surface area (Å²) in [6.07, 6.45) is 3.04. The van der Waals surface area contributed by atoms with E-state index >= 15 is 0 Å². The third kappa shape index (κ3) is 3.21. The Kier molecular flexibility index (Phi) is 3.71. The van der Waals surface area contributed by atoms with E-state index in [1.54, 1.807) is 0 Å². The first kappa shape index (κ1) is 12.4. The topological polar surface area (TPSA) is 35.8 Å². The van der Waals surface area contributed by atoms with Gasteiger partial charge in [-0.1, -0.05) is 23.7 Å². The van der Waals surface area contributed by atoms with Crippen LogP contribution in [-0.2, 0) is 0 Å². The predicted octanol–water partition coefficient (Wildman–Crippen LogP) is 3.68. The van der Waals surface area contributed by atoms with Gasteiger partial charge in [0.15, 0.2) is 0 Å². The zero-order chi connectivity index (χ0) is 12.3. The number of nitrogens with zero attached hydrogens (tertiary/aromatic N) is 1. The van der Waals surface area contributed by atoms with E-state index in [1.165, 1.54) is 18.4 Å². The molecule has 1 N–H and O–H groups in total. The van der Waals surface area contributed by atoms with Crippen molar-refractivity contribution in [1.82, 2.24) is 5.32 Å². The maximum Gasteiger partial charge on any atom is 0.0628 e. The van der Waals surface area contributed by atoms with Gasteiger partial charge in [-0.15, -0.1) is 0 Å². The lowest BCUT2D eigenvalue weighted by molar-refractivity contribution is 0.433. The highest BCUT2D eigenvalue weighted by Gasteiger charge is 2.42. The first-order valence-electron chi connectivity index (χ1n) is 6.01. The molecule has 1 aliphatic rings. The van der Waals surface area contributed by atoms with Crippen molar-refractivity contribution in [3.8, 4) is 6.07 Å². The van der Waals surface area contributed by atoms with Crippen LogP contribution < -0.4 is 5.32 Å². The summed E-state index contributed by atoms with van der Waals surface area (Å²) in [4.78, 5) is 0. The van der Waals surface area contributed by atoms with Gasteiger partial charge < -0.3 is 5.32 Å². The molecule has 0 aromatic heterocycles. The smallest absolute Gasteiger partial charge is 0.0628 e. The Bertz CT molecular complexity index is 415. The van der Waals surface area contributed by atoms with Gasteiger partial charge in [-0.05, 0) is 42.9 Å². The molecule has 90 valence electrons. The van der Waals surface area contributed by atoms with Gasteiger partial charge in [0.2, 0.25) is 0 Å². The highest BCUT2D eigenvalue weighted by Crippen LogP contribution is 2.48. The first-order valence-corrected chi connectivity index (χ1v) is 6.39. The minimum Gasteiger partial charge on any atom is -0.310 e. The van der Waals surface area contributed by atoms with E-state index in [0.717, 1.165) is 11.6 Å². The molecule has 1 aromatic carbocycles. The number of halogens is 1. The summed E-state index contributed by atoms with van der Waals surface area (Å²) in [5, 5.41) is 13.0. The van der Waals surface area contributed by atoms with Crippen molar-refractivity contribution in [2.45, 2.75) is 32.2 Å². The number of hydrogen-bond donors (Lipinski definition) is 1. The molecule has 0 aliphatic heterocycles. The summed E-state index contributed by atoms with van der Waals surface area (Å²) in [5.41, 5.74) is 1.50. The average molecular weight is 249 g/mol. The number of nitriles is 1. The van der Waals surface area contributed by atoms with Crippen molar-refractivity contribution in [2.75, 3.05) is 6.54 Å². The number of rotatable bonds is 5. The molecule has 2 nitrogen and oxygen atoms in total. The largest absolute Gasteiger partial charge is 0.310 e. The van der Waals surface area contributed by atoms with Gasteiger partial charge in [0.25, 0.3) is 0 Å². The second-order valence-electron chi connectivity index (χ2n) is 4.99. The summed E-state index contributed by atoms with van der Waals surface area (Å²) in [6.45, 7) is 3.08. The van der Waals surface area contributed by atoms with Gasteiger partial charge in [0.05, 0.1) is 6.07 Å². The third-order valence-corrected chi connectivity index (χ3v) is 3.82. The second kappa shape index (κ2) is 5.08. The monoisotopic (exact) mass is 248 g/mol. The molecule has 0 heterocycles. The molecule has 1 atom stereocenters. The standard InChI is InChI=1S/C14H17ClN2/c1-11(12-2-4-13(15)5-3-12)17-10-14(6-7-14)8-9-16/h2-5,11,17H,6-8,10H2,1H3/t11-/m1/s1. The minimum atomic E-state index is 0.259. The lowest BCUT2D eigenvalue weighted by Crippen LogP contribution is -2.26. The molecule has 1 aromatic rings. The van der Waals surface area contributed by atoms with Crippen LogP contribution in [0.2, 0.25) is 5.02 Å². The molecule has 2 rings (SSSR count). The van der Waals surface area contributed by atoms with Crippen molar-refractivity contribution in [3.63, 3.8) is 0 Å². The molecule has 0 radical (unpaired) electrons. The quantitative estimate of drug-likeness (QED) is 0.863. The van der Waals surface area contributed by atoms with Gasteiger partial charge in [0, 0.05) is 24.0 Å². The summed E-state index contributed by atoms with van der Waals surface area (Å²) in [7, 11) is 0. The Balaban J connectivity index is 1.87. The van der Waals surface area contributed by atoms with E-state index in [2.05, 4.69) is 18.3 Å². The molecule has 1 aliphatic carbocycles. The Hall–Kier alpha value is -1.04. The van der Waals surface area contributed by atoms with Crippen molar-refractivity contribution in [1.29, 1.82) is 5.26 Å². The molecular formula is C14H17ClN2. The van der Waals surface area contributed by atoms with Crippen LogP contribution in [0.3, 0.4) is 0 Å². The number of benzene rings is 1. The molecule has 3 heteroatoms. The van der Waals surface area contributed by atoms with Crippen molar-refractivity contribution in [3.05, 3.63) is 34.9 Å². The molecule has 17 heavy (non-hydrogen) atoms. The molecular weight excluding hydrogens is 232 g/mol. The van der Waals surface area contributed by atoms with Crippen LogP contribution in [0, 0.1) is 16.7 Å². The van der Waals surface area contributed by atoms with E-state index in [0.29, 0.717) is 12.5 Å². The summed E-state index contributed by atoms with van der Waals surface area (Å²) >= 11 is 5.86. The molecule has 0 amide bonds. The van der Waals surface area contributed by atoms with Gasteiger partial charge in [-0.2, -0.15) is 5.26 Å². The average Bonchev–Trinajstić information content (AvgIpc) is 3.08. The summed E-state index contributed by atoms with van der Waals surface area (Å²) in [6, 6.07) is 10.5. The maximum absolute atomic E-state index is 8.76. The van der Waals surface area contributed by atoms with Crippen molar-refractivity contribution in [2.24, 2.45) is 5.41 Å². The SMILES string of the molecule is C[C@@H](NCC1(CC#N)CC1)c1ccc(Cl)cc1. The second-order valence-corrected chi connectivity index (χ2v) is 5.43. The number of hydrogen-bond acceptors (Lipinski definition) is 2. The fourth-order valence-corrected chi connectivity index (χ4v) is 2.13. The maximum atomic E-state index is 8.76. The van der Waals surface area contributed by atoms with Crippen LogP contribution in [0.25, 0.3) is 0 Å². The molecule has 0 unspecified atom stereocenters. The zero-order valence-corrected chi connectivity index (χ0v) is 10.8. The fourth-order valence-electron chi connectivity index (χ4n) is 2.00. The van der Waals surface area contributed by atoms with E-state index in [-0.39, 0.29) is 5.41 Å². The Morgan fingerprint density at radius 1 is 1.41 bits per heavy atom. The van der Waals surface area contributed by atoms with Gasteiger partial charge in [-0.3, -0.25) is 0 Å². The normalized spacial score (nSPS) is 18.4. The molecule has 0 spiro atoms. The van der Waals surface area contributed by atoms with Crippen LogP contribution in [-0.4, -0.2) is 6.54 Å². The Morgan fingerprint density at radius 2 is 2.06 bits per heavy atom. The number of nitrogens with one attached hydrogen (secondary N) is 1. The summed E-state index contributed by atoms with van der Waals surface area (Å²) in [5.74, 6) is 0. The van der Waals surface area contributed by atoms with E-state index in [1.807, 2.05) is 24.3 Å². The van der Waals surface area contributed by atoms with Crippen LogP contribution >= 0.6 is 11.6 Å². The third-order valence-electron chi connectivity index (χ3n) is 3.56. The Morgan fingerprint density at radius 3 is 2.59 bits per heavy atom. The van der Waals surface area contributed by atoms with Crippen molar-refractivity contribution < 1.29 is 0 Å². The van der Waals surface area contributed by atoms with Gasteiger partial charge >= 0.3 is 0 Å². The lowest BCUT2D eigenvalue weighted by Gasteiger charge is -2.18. The highest BCUT2D eigenvalue weighted by molar-refractivity contribution is 6.30. The summed E-state index contributed by atoms with van der Waals surface area (Å²) < 4.78 is 0.